The van der Waals surface area contributed by atoms with Crippen molar-refractivity contribution in [3.05, 3.63) is 76.8 Å². The number of halogens is 1. The molecule has 126 valence electrons. The average Bonchev–Trinajstić information content (AvgIpc) is 3.06. The van der Waals surface area contributed by atoms with Crippen LogP contribution in [-0.4, -0.2) is 16.1 Å². The number of carbonyl (C=O) groups is 1. The first-order chi connectivity index (χ1) is 12.2. The van der Waals surface area contributed by atoms with Crippen LogP contribution in [-0.2, 0) is 10.5 Å². The lowest BCUT2D eigenvalue weighted by molar-refractivity contribution is -0.111. The van der Waals surface area contributed by atoms with Crippen LogP contribution in [0.1, 0.15) is 11.1 Å². The number of hydrogen-bond donors (Lipinski definition) is 1. The van der Waals surface area contributed by atoms with Crippen LogP contribution in [0.4, 0.5) is 5.13 Å². The summed E-state index contributed by atoms with van der Waals surface area (Å²) in [5.74, 6) is 0.517. The zero-order valence-corrected chi connectivity index (χ0v) is 15.4. The summed E-state index contributed by atoms with van der Waals surface area (Å²) in [4.78, 5) is 11.9. The third kappa shape index (κ3) is 5.70. The fourth-order valence-electron chi connectivity index (χ4n) is 1.97. The fourth-order valence-corrected chi connectivity index (χ4v) is 3.88. The van der Waals surface area contributed by atoms with Gasteiger partial charge in [0.2, 0.25) is 11.0 Å². The molecule has 0 saturated carbocycles. The molecule has 1 N–H and O–H groups in total. The smallest absolute Gasteiger partial charge is 0.250 e. The number of amides is 1. The van der Waals surface area contributed by atoms with Gasteiger partial charge in [0.25, 0.3) is 0 Å². The van der Waals surface area contributed by atoms with Crippen molar-refractivity contribution in [2.45, 2.75) is 10.1 Å². The largest absolute Gasteiger partial charge is 0.297 e. The number of nitrogens with zero attached hydrogens (tertiary/aromatic N) is 2. The summed E-state index contributed by atoms with van der Waals surface area (Å²) >= 11 is 8.88. The topological polar surface area (TPSA) is 54.9 Å². The molecule has 0 spiro atoms. The molecule has 0 atom stereocenters. The van der Waals surface area contributed by atoms with E-state index in [2.05, 4.69) is 15.5 Å². The second-order valence-corrected chi connectivity index (χ2v) is 7.66. The van der Waals surface area contributed by atoms with E-state index in [-0.39, 0.29) is 5.91 Å². The second kappa shape index (κ2) is 8.80. The Hall–Kier alpha value is -2.15. The van der Waals surface area contributed by atoms with Crippen molar-refractivity contribution in [1.82, 2.24) is 10.2 Å². The first-order valence-corrected chi connectivity index (χ1v) is 9.62. The van der Waals surface area contributed by atoms with Crippen LogP contribution in [0.3, 0.4) is 0 Å². The summed E-state index contributed by atoms with van der Waals surface area (Å²) in [6.45, 7) is 0. The first-order valence-electron chi connectivity index (χ1n) is 7.44. The fraction of sp³-hybridized carbons (Fsp3) is 0.0556. The highest BCUT2D eigenvalue weighted by molar-refractivity contribution is 8.00. The molecule has 1 aromatic heterocycles. The van der Waals surface area contributed by atoms with Gasteiger partial charge in [0.15, 0.2) is 4.34 Å². The van der Waals surface area contributed by atoms with Gasteiger partial charge in [0, 0.05) is 16.9 Å². The Kier molecular flexibility index (Phi) is 6.22. The normalized spacial score (nSPS) is 10.9. The molecule has 0 aliphatic rings. The summed E-state index contributed by atoms with van der Waals surface area (Å²) in [5, 5.41) is 12.0. The van der Waals surface area contributed by atoms with Gasteiger partial charge in [-0.1, -0.05) is 77.2 Å². The van der Waals surface area contributed by atoms with Gasteiger partial charge in [-0.25, -0.2) is 0 Å². The standard InChI is InChI=1S/C18H14ClN3OS2/c19-15-8-4-7-14(11-15)12-24-18-22-21-17(25-18)20-16(23)10-9-13-5-2-1-3-6-13/h1-11H,12H2,(H,20,21,23). The van der Waals surface area contributed by atoms with Crippen LogP contribution in [0.2, 0.25) is 5.02 Å². The predicted molar refractivity (Wildman–Crippen MR) is 105 cm³/mol. The van der Waals surface area contributed by atoms with E-state index in [4.69, 9.17) is 11.6 Å². The van der Waals surface area contributed by atoms with Crippen LogP contribution in [0, 0.1) is 0 Å². The number of benzene rings is 2. The number of hydrogen-bond acceptors (Lipinski definition) is 5. The molecule has 3 aromatic rings. The van der Waals surface area contributed by atoms with Gasteiger partial charge in [-0.05, 0) is 29.3 Å². The molecule has 4 nitrogen and oxygen atoms in total. The van der Waals surface area contributed by atoms with Crippen LogP contribution < -0.4 is 5.32 Å². The molecule has 7 heteroatoms. The van der Waals surface area contributed by atoms with E-state index in [1.165, 1.54) is 17.4 Å². The van der Waals surface area contributed by atoms with Crippen molar-refractivity contribution in [2.24, 2.45) is 0 Å². The Morgan fingerprint density at radius 1 is 1.16 bits per heavy atom. The summed E-state index contributed by atoms with van der Waals surface area (Å²) in [6, 6.07) is 17.3. The number of anilines is 1. The monoisotopic (exact) mass is 387 g/mol. The lowest BCUT2D eigenvalue weighted by atomic mass is 10.2. The van der Waals surface area contributed by atoms with Crippen molar-refractivity contribution in [3.8, 4) is 0 Å². The molecule has 0 aliphatic carbocycles. The summed E-state index contributed by atoms with van der Waals surface area (Å²) < 4.78 is 0.794. The molecule has 0 unspecified atom stereocenters. The molecule has 25 heavy (non-hydrogen) atoms. The molecule has 0 fully saturated rings. The van der Waals surface area contributed by atoms with Crippen molar-refractivity contribution < 1.29 is 4.79 Å². The number of rotatable bonds is 6. The van der Waals surface area contributed by atoms with E-state index < -0.39 is 0 Å². The maximum Gasteiger partial charge on any atom is 0.250 e. The van der Waals surface area contributed by atoms with Crippen LogP contribution in [0.25, 0.3) is 6.08 Å². The number of thioether (sulfide) groups is 1. The molecule has 3 rings (SSSR count). The van der Waals surface area contributed by atoms with Crippen LogP contribution in [0.5, 0.6) is 0 Å². The maximum atomic E-state index is 11.9. The first kappa shape index (κ1) is 17.7. The summed E-state index contributed by atoms with van der Waals surface area (Å²) in [5.41, 5.74) is 2.08. The summed E-state index contributed by atoms with van der Waals surface area (Å²) in [7, 11) is 0. The molecule has 0 radical (unpaired) electrons. The average molecular weight is 388 g/mol. The molecular weight excluding hydrogens is 374 g/mol. The lowest BCUT2D eigenvalue weighted by Crippen LogP contribution is -2.07. The Balaban J connectivity index is 1.52. The SMILES string of the molecule is O=C(C=Cc1ccccc1)Nc1nnc(SCc2cccc(Cl)c2)s1. The Labute approximate surface area is 159 Å². The highest BCUT2D eigenvalue weighted by Gasteiger charge is 2.07. The third-order valence-corrected chi connectivity index (χ3v) is 5.39. The minimum atomic E-state index is -0.230. The van der Waals surface area contributed by atoms with E-state index in [1.54, 1.807) is 17.8 Å². The van der Waals surface area contributed by atoms with Crippen LogP contribution in [0.15, 0.2) is 65.0 Å². The molecule has 1 heterocycles. The van der Waals surface area contributed by atoms with Crippen LogP contribution >= 0.6 is 34.7 Å². The maximum absolute atomic E-state index is 11.9. The van der Waals surface area contributed by atoms with E-state index in [0.717, 1.165) is 21.2 Å². The molecule has 0 bridgehead atoms. The van der Waals surface area contributed by atoms with Crippen molar-refractivity contribution >= 4 is 51.8 Å². The predicted octanol–water partition coefficient (Wildman–Crippen LogP) is 5.14. The van der Waals surface area contributed by atoms with Gasteiger partial charge >= 0.3 is 0 Å². The van der Waals surface area contributed by atoms with Gasteiger partial charge < -0.3 is 0 Å². The van der Waals surface area contributed by atoms with Gasteiger partial charge in [0.05, 0.1) is 0 Å². The zero-order valence-electron chi connectivity index (χ0n) is 13.1. The highest BCUT2D eigenvalue weighted by atomic mass is 35.5. The second-order valence-electron chi connectivity index (χ2n) is 5.02. The minimum Gasteiger partial charge on any atom is -0.297 e. The molecular formula is C18H14ClN3OS2. The van der Waals surface area contributed by atoms with Gasteiger partial charge in [0.1, 0.15) is 0 Å². The number of aromatic nitrogens is 2. The quantitative estimate of drug-likeness (QED) is 0.361. The van der Waals surface area contributed by atoms with Gasteiger partial charge in [-0.3, -0.25) is 10.1 Å². The zero-order chi connectivity index (χ0) is 17.5. The molecule has 1 amide bonds. The Morgan fingerprint density at radius 2 is 2.00 bits per heavy atom. The molecule has 0 saturated heterocycles. The van der Waals surface area contributed by atoms with Gasteiger partial charge in [-0.15, -0.1) is 10.2 Å². The highest BCUT2D eigenvalue weighted by Crippen LogP contribution is 2.28. The van der Waals surface area contributed by atoms with E-state index in [9.17, 15) is 4.79 Å². The minimum absolute atomic E-state index is 0.230. The van der Waals surface area contributed by atoms with Crippen molar-refractivity contribution in [2.75, 3.05) is 5.32 Å². The van der Waals surface area contributed by atoms with Gasteiger partial charge in [-0.2, -0.15) is 0 Å². The molecule has 2 aromatic carbocycles. The van der Waals surface area contributed by atoms with E-state index in [1.807, 2.05) is 54.6 Å². The van der Waals surface area contributed by atoms with Crippen molar-refractivity contribution in [1.29, 1.82) is 0 Å². The number of nitrogens with one attached hydrogen (secondary N) is 1. The van der Waals surface area contributed by atoms with E-state index in [0.29, 0.717) is 10.2 Å². The lowest BCUT2D eigenvalue weighted by Gasteiger charge is -1.98. The Morgan fingerprint density at radius 3 is 2.80 bits per heavy atom. The number of carbonyl (C=O) groups excluding carboxylic acids is 1. The Bertz CT molecular complexity index is 881. The van der Waals surface area contributed by atoms with E-state index >= 15 is 0 Å². The van der Waals surface area contributed by atoms with Crippen molar-refractivity contribution in [3.63, 3.8) is 0 Å². The molecule has 0 aliphatic heterocycles. The third-order valence-electron chi connectivity index (χ3n) is 3.11. The summed E-state index contributed by atoms with van der Waals surface area (Å²) in [6.07, 6.45) is 3.24.